The van der Waals surface area contributed by atoms with Gasteiger partial charge >= 0.3 is 11.4 Å². The lowest BCUT2D eigenvalue weighted by atomic mass is 10.2. The summed E-state index contributed by atoms with van der Waals surface area (Å²) in [6.07, 6.45) is 0.143. The van der Waals surface area contributed by atoms with Gasteiger partial charge in [0, 0.05) is 6.04 Å². The summed E-state index contributed by atoms with van der Waals surface area (Å²) in [5.41, 5.74) is -2.32. The molecule has 0 fully saturated rings. The molecule has 0 spiro atoms. The molecule has 1 aromatic carbocycles. The molecule has 0 aliphatic heterocycles. The number of nitrogens with zero attached hydrogens (tertiary/aromatic N) is 2. The normalized spacial score (nSPS) is 10.4. The Bertz CT molecular complexity index is 459. The van der Waals surface area contributed by atoms with Crippen LogP contribution in [0.3, 0.4) is 0 Å². The summed E-state index contributed by atoms with van der Waals surface area (Å²) >= 11 is 0. The highest BCUT2D eigenvalue weighted by Gasteiger charge is 2.27. The van der Waals surface area contributed by atoms with Crippen molar-refractivity contribution in [2.75, 3.05) is 0 Å². The maximum atomic E-state index is 10.5. The van der Waals surface area contributed by atoms with Crippen LogP contribution >= 0.6 is 0 Å². The van der Waals surface area contributed by atoms with E-state index in [1.807, 2.05) is 0 Å². The zero-order valence-electron chi connectivity index (χ0n) is 7.67. The highest BCUT2D eigenvalue weighted by atomic mass is 16.6. The second-order valence-corrected chi connectivity index (χ2v) is 2.26. The molecule has 0 heterocycles. The number of nitro groups is 2. The second-order valence-electron chi connectivity index (χ2n) is 2.26. The summed E-state index contributed by atoms with van der Waals surface area (Å²) in [6, 6.07) is 1.37. The number of para-hydroxylation sites is 1. The maximum Gasteiger partial charge on any atom is 0.356 e. The molecule has 7 nitrogen and oxygen atoms in total. The first-order valence-corrected chi connectivity index (χ1v) is 3.36. The summed E-state index contributed by atoms with van der Waals surface area (Å²) in [5, 5.41) is 21.0. The third kappa shape index (κ3) is 1.56. The lowest BCUT2D eigenvalue weighted by Gasteiger charge is -1.95. The zero-order valence-corrected chi connectivity index (χ0v) is 6.67. The van der Waals surface area contributed by atoms with Gasteiger partial charge in [-0.1, -0.05) is 6.07 Å². The summed E-state index contributed by atoms with van der Waals surface area (Å²) in [6.45, 7) is 0. The number of hydrogen-bond acceptors (Lipinski definition) is 5. The number of benzene rings is 1. The van der Waals surface area contributed by atoms with Gasteiger partial charge in [-0.25, -0.2) is 0 Å². The van der Waals surface area contributed by atoms with E-state index in [1.165, 1.54) is 0 Å². The molecule has 7 heteroatoms. The first-order valence-electron chi connectivity index (χ1n) is 3.86. The SMILES string of the molecule is [3H]c1ccc(C=O)c([N+](=O)[O-])c1[N+](=O)[O-]. The Labute approximate surface area is 78.7 Å². The van der Waals surface area contributed by atoms with Gasteiger partial charge in [-0.05, 0) is 6.07 Å². The predicted molar refractivity (Wildman–Crippen MR) is 45.1 cm³/mol. The van der Waals surface area contributed by atoms with Crippen LogP contribution < -0.4 is 0 Å². The molecule has 0 radical (unpaired) electrons. The monoisotopic (exact) mass is 198 g/mol. The molecule has 0 atom stereocenters. The molecule has 0 aromatic heterocycles. The average molecular weight is 198 g/mol. The molecule has 0 amide bonds. The molecule has 14 heavy (non-hydrogen) atoms. The van der Waals surface area contributed by atoms with Gasteiger partial charge in [0.25, 0.3) is 0 Å². The fraction of sp³-hybridized carbons (Fsp3) is 0. The van der Waals surface area contributed by atoms with Gasteiger partial charge in [-0.2, -0.15) is 0 Å². The first-order chi connectivity index (χ1) is 6.99. The van der Waals surface area contributed by atoms with Crippen LogP contribution in [0.4, 0.5) is 11.4 Å². The molecule has 1 rings (SSSR count). The van der Waals surface area contributed by atoms with Crippen molar-refractivity contribution in [2.24, 2.45) is 0 Å². The van der Waals surface area contributed by atoms with E-state index in [-0.39, 0.29) is 6.29 Å². The Hall–Kier alpha value is -2.31. The van der Waals surface area contributed by atoms with E-state index in [1.54, 1.807) is 0 Å². The van der Waals surface area contributed by atoms with Gasteiger partial charge in [0.05, 0.1) is 16.8 Å². The van der Waals surface area contributed by atoms with Crippen molar-refractivity contribution in [3.63, 3.8) is 0 Å². The molecule has 0 aliphatic rings. The van der Waals surface area contributed by atoms with Crippen LogP contribution in [0.2, 0.25) is 0 Å². The quantitative estimate of drug-likeness (QED) is 0.413. The van der Waals surface area contributed by atoms with E-state index in [9.17, 15) is 25.0 Å². The molecule has 72 valence electrons. The standard InChI is InChI=1S/C7H4N2O5/c10-4-5-2-1-3-6(8(11)12)7(5)9(13)14/h1-4H/i3T. The summed E-state index contributed by atoms with van der Waals surface area (Å²) in [4.78, 5) is 29.3. The van der Waals surface area contributed by atoms with Gasteiger partial charge in [0.2, 0.25) is 0 Å². The van der Waals surface area contributed by atoms with Gasteiger partial charge in [0.1, 0.15) is 0 Å². The Kier molecular flexibility index (Phi) is 2.14. The minimum atomic E-state index is -1.05. The smallest absolute Gasteiger partial charge is 0.298 e. The minimum absolute atomic E-state index is 0.143. The van der Waals surface area contributed by atoms with Crippen LogP contribution in [0.15, 0.2) is 18.2 Å². The summed E-state index contributed by atoms with van der Waals surface area (Å²) in [7, 11) is 0. The number of carbonyl (C=O) groups excluding carboxylic acids is 1. The van der Waals surface area contributed by atoms with E-state index in [0.29, 0.717) is 0 Å². The van der Waals surface area contributed by atoms with Gasteiger partial charge in [-0.15, -0.1) is 0 Å². The van der Waals surface area contributed by atoms with Crippen molar-refractivity contribution in [3.05, 3.63) is 44.0 Å². The number of hydrogen-bond donors (Lipinski definition) is 0. The largest absolute Gasteiger partial charge is 0.356 e. The molecule has 0 aliphatic carbocycles. The maximum absolute atomic E-state index is 10.5. The molecule has 0 N–H and O–H groups in total. The molecule has 0 saturated heterocycles. The van der Waals surface area contributed by atoms with Crippen molar-refractivity contribution in [1.82, 2.24) is 0 Å². The fourth-order valence-electron chi connectivity index (χ4n) is 0.921. The van der Waals surface area contributed by atoms with Crippen LogP contribution in [-0.4, -0.2) is 16.1 Å². The third-order valence-electron chi connectivity index (χ3n) is 1.47. The van der Waals surface area contributed by atoms with Crippen molar-refractivity contribution in [3.8, 4) is 0 Å². The molecule has 0 saturated carbocycles. The van der Waals surface area contributed by atoms with Crippen molar-refractivity contribution in [2.45, 2.75) is 0 Å². The Morgan fingerprint density at radius 1 is 1.36 bits per heavy atom. The number of rotatable bonds is 3. The lowest BCUT2D eigenvalue weighted by molar-refractivity contribution is -0.422. The molecular weight excluding hydrogens is 192 g/mol. The number of nitro benzene ring substituents is 2. The van der Waals surface area contributed by atoms with Crippen molar-refractivity contribution in [1.29, 1.82) is 0 Å². The topological polar surface area (TPSA) is 103 Å². The first kappa shape index (κ1) is 8.30. The van der Waals surface area contributed by atoms with E-state index in [2.05, 4.69) is 0 Å². The molecule has 0 unspecified atom stereocenters. The fourth-order valence-corrected chi connectivity index (χ4v) is 0.921. The van der Waals surface area contributed by atoms with Gasteiger partial charge in [-0.3, -0.25) is 25.0 Å². The van der Waals surface area contributed by atoms with E-state index < -0.39 is 32.8 Å². The van der Waals surface area contributed by atoms with Crippen molar-refractivity contribution < 1.29 is 16.0 Å². The lowest BCUT2D eigenvalue weighted by Crippen LogP contribution is -1.99. The molecular formula is C7H4N2O5. The second kappa shape index (κ2) is 3.60. The summed E-state index contributed by atoms with van der Waals surface area (Å²) < 4.78 is 7.15. The highest BCUT2D eigenvalue weighted by Crippen LogP contribution is 2.28. The van der Waals surface area contributed by atoms with Crippen molar-refractivity contribution >= 4 is 17.7 Å². The Balaban J connectivity index is 3.65. The van der Waals surface area contributed by atoms with E-state index >= 15 is 0 Å². The average Bonchev–Trinajstić information content (AvgIpc) is 2.16. The Morgan fingerprint density at radius 3 is 2.43 bits per heavy atom. The summed E-state index contributed by atoms with van der Waals surface area (Å²) in [5.74, 6) is 0. The highest BCUT2D eigenvalue weighted by molar-refractivity contribution is 5.84. The number of aldehydes is 1. The predicted octanol–water partition coefficient (Wildman–Crippen LogP) is 1.32. The minimum Gasteiger partial charge on any atom is -0.298 e. The number of carbonyl (C=O) groups is 1. The van der Waals surface area contributed by atoms with Crippen LogP contribution in [0.5, 0.6) is 0 Å². The van der Waals surface area contributed by atoms with Crippen LogP contribution in [0.25, 0.3) is 0 Å². The molecule has 0 bridgehead atoms. The zero-order chi connectivity index (χ0) is 11.6. The van der Waals surface area contributed by atoms with Crippen LogP contribution in [-0.2, 0) is 0 Å². The Morgan fingerprint density at radius 2 is 2.00 bits per heavy atom. The van der Waals surface area contributed by atoms with E-state index in [0.717, 1.165) is 12.1 Å². The molecule has 1 aromatic rings. The van der Waals surface area contributed by atoms with Gasteiger partial charge < -0.3 is 0 Å². The third-order valence-corrected chi connectivity index (χ3v) is 1.47. The van der Waals surface area contributed by atoms with E-state index in [4.69, 9.17) is 1.37 Å². The van der Waals surface area contributed by atoms with Crippen LogP contribution in [0, 0.1) is 20.2 Å². The van der Waals surface area contributed by atoms with Gasteiger partial charge in [0.15, 0.2) is 6.29 Å². The van der Waals surface area contributed by atoms with Crippen LogP contribution in [0.1, 0.15) is 11.7 Å².